The van der Waals surface area contributed by atoms with Gasteiger partial charge < -0.3 is 4.52 Å². The zero-order chi connectivity index (χ0) is 15.6. The number of sulfonamides is 1. The maximum Gasteiger partial charge on any atom is 0.246 e. The molecule has 0 aliphatic rings. The van der Waals surface area contributed by atoms with Gasteiger partial charge in [-0.05, 0) is 30.9 Å². The number of aryl methyl sites for hydroxylation is 2. The Morgan fingerprint density at radius 3 is 2.29 bits per heavy atom. The normalized spacial score (nSPS) is 12.0. The van der Waals surface area contributed by atoms with Gasteiger partial charge in [0, 0.05) is 6.54 Å². The minimum Gasteiger partial charge on any atom is -0.360 e. The largest absolute Gasteiger partial charge is 0.360 e. The summed E-state index contributed by atoms with van der Waals surface area (Å²) in [4.78, 5) is 0.126. The molecule has 114 valence electrons. The zero-order valence-electron chi connectivity index (χ0n) is 12.7. The third-order valence-corrected chi connectivity index (χ3v) is 4.99. The number of rotatable bonds is 5. The molecule has 21 heavy (non-hydrogen) atoms. The number of hydrogen-bond acceptors (Lipinski definition) is 4. The first-order valence-corrected chi connectivity index (χ1v) is 8.31. The first-order chi connectivity index (χ1) is 9.81. The Balaban J connectivity index is 2.12. The Labute approximate surface area is 125 Å². The summed E-state index contributed by atoms with van der Waals surface area (Å²) in [6.07, 6.45) is 0. The van der Waals surface area contributed by atoms with E-state index in [0.29, 0.717) is 17.4 Å². The van der Waals surface area contributed by atoms with E-state index >= 15 is 0 Å². The van der Waals surface area contributed by atoms with Crippen LogP contribution in [0.25, 0.3) is 0 Å². The molecule has 2 rings (SSSR count). The van der Waals surface area contributed by atoms with Crippen molar-refractivity contribution in [1.82, 2.24) is 9.88 Å². The molecule has 0 atom stereocenters. The molecule has 2 aromatic rings. The van der Waals surface area contributed by atoms with Crippen LogP contribution in [-0.2, 0) is 16.6 Å². The second-order valence-corrected chi connectivity index (χ2v) is 7.08. The van der Waals surface area contributed by atoms with Crippen molar-refractivity contribution in [3.8, 4) is 0 Å². The number of hydrogen-bond donors (Lipinski definition) is 1. The molecule has 0 saturated carbocycles. The third-order valence-electron chi connectivity index (χ3n) is 3.35. The zero-order valence-corrected chi connectivity index (χ0v) is 13.5. The standard InChI is InChI=1S/C15H20N2O3S/c1-10(2)14-7-5-13(6-8-14)9-16-21(18,19)15-11(3)17-20-12(15)4/h5-8,10,16H,9H2,1-4H3. The van der Waals surface area contributed by atoms with Gasteiger partial charge in [0.2, 0.25) is 10.0 Å². The molecule has 5 nitrogen and oxygen atoms in total. The van der Waals surface area contributed by atoms with Crippen LogP contribution in [0.5, 0.6) is 0 Å². The number of nitrogens with one attached hydrogen (secondary N) is 1. The van der Waals surface area contributed by atoms with Crippen molar-refractivity contribution in [1.29, 1.82) is 0 Å². The predicted molar refractivity (Wildman–Crippen MR) is 80.5 cm³/mol. The Morgan fingerprint density at radius 1 is 1.19 bits per heavy atom. The van der Waals surface area contributed by atoms with Crippen LogP contribution in [0.15, 0.2) is 33.7 Å². The SMILES string of the molecule is Cc1noc(C)c1S(=O)(=O)NCc1ccc(C(C)C)cc1. The fraction of sp³-hybridized carbons (Fsp3) is 0.400. The highest BCUT2D eigenvalue weighted by Gasteiger charge is 2.23. The number of aromatic nitrogens is 1. The Bertz CT molecular complexity index is 696. The topological polar surface area (TPSA) is 72.2 Å². The highest BCUT2D eigenvalue weighted by Crippen LogP contribution is 2.19. The molecule has 0 amide bonds. The van der Waals surface area contributed by atoms with E-state index < -0.39 is 10.0 Å². The average Bonchev–Trinajstić information content (AvgIpc) is 2.77. The minimum atomic E-state index is -3.61. The van der Waals surface area contributed by atoms with E-state index in [1.54, 1.807) is 13.8 Å². The van der Waals surface area contributed by atoms with Crippen LogP contribution in [0.3, 0.4) is 0 Å². The summed E-state index contributed by atoms with van der Waals surface area (Å²) >= 11 is 0. The lowest BCUT2D eigenvalue weighted by molar-refractivity contribution is 0.390. The molecule has 1 aromatic heterocycles. The van der Waals surface area contributed by atoms with E-state index in [1.165, 1.54) is 5.56 Å². The molecule has 0 saturated heterocycles. The van der Waals surface area contributed by atoms with Crippen molar-refractivity contribution >= 4 is 10.0 Å². The smallest absolute Gasteiger partial charge is 0.246 e. The van der Waals surface area contributed by atoms with Gasteiger partial charge in [-0.25, -0.2) is 13.1 Å². The summed E-state index contributed by atoms with van der Waals surface area (Å²) in [6.45, 7) is 7.68. The van der Waals surface area contributed by atoms with Gasteiger partial charge >= 0.3 is 0 Å². The lowest BCUT2D eigenvalue weighted by Crippen LogP contribution is -2.24. The molecule has 0 unspecified atom stereocenters. The first-order valence-electron chi connectivity index (χ1n) is 6.82. The molecule has 0 bridgehead atoms. The van der Waals surface area contributed by atoms with E-state index in [-0.39, 0.29) is 11.4 Å². The van der Waals surface area contributed by atoms with Gasteiger partial charge in [-0.15, -0.1) is 0 Å². The summed E-state index contributed by atoms with van der Waals surface area (Å²) < 4.78 is 32.0. The highest BCUT2D eigenvalue weighted by molar-refractivity contribution is 7.89. The summed E-state index contributed by atoms with van der Waals surface area (Å²) in [5, 5.41) is 3.67. The predicted octanol–water partition coefficient (Wildman–Crippen LogP) is 2.89. The Kier molecular flexibility index (Phi) is 4.49. The van der Waals surface area contributed by atoms with Crippen LogP contribution in [-0.4, -0.2) is 13.6 Å². The molecule has 0 spiro atoms. The van der Waals surface area contributed by atoms with Crippen molar-refractivity contribution in [2.75, 3.05) is 0 Å². The molecule has 1 heterocycles. The van der Waals surface area contributed by atoms with Crippen molar-refractivity contribution in [2.24, 2.45) is 0 Å². The van der Waals surface area contributed by atoms with Gasteiger partial charge in [-0.3, -0.25) is 0 Å². The maximum absolute atomic E-state index is 12.3. The molecule has 0 aliphatic heterocycles. The van der Waals surface area contributed by atoms with Gasteiger partial charge in [0.25, 0.3) is 0 Å². The average molecular weight is 308 g/mol. The highest BCUT2D eigenvalue weighted by atomic mass is 32.2. The van der Waals surface area contributed by atoms with Crippen LogP contribution in [0.4, 0.5) is 0 Å². The van der Waals surface area contributed by atoms with Crippen molar-refractivity contribution in [3.05, 3.63) is 46.8 Å². The van der Waals surface area contributed by atoms with E-state index in [4.69, 9.17) is 4.52 Å². The Hall–Kier alpha value is -1.66. The van der Waals surface area contributed by atoms with Crippen molar-refractivity contribution in [2.45, 2.75) is 45.1 Å². The van der Waals surface area contributed by atoms with Crippen LogP contribution in [0.2, 0.25) is 0 Å². The monoisotopic (exact) mass is 308 g/mol. The molecular weight excluding hydrogens is 288 g/mol. The molecule has 0 aliphatic carbocycles. The molecule has 1 N–H and O–H groups in total. The second-order valence-electron chi connectivity index (χ2n) is 5.37. The van der Waals surface area contributed by atoms with E-state index in [2.05, 4.69) is 23.7 Å². The molecule has 0 radical (unpaired) electrons. The van der Waals surface area contributed by atoms with Crippen molar-refractivity contribution in [3.63, 3.8) is 0 Å². The van der Waals surface area contributed by atoms with Crippen LogP contribution in [0.1, 0.15) is 42.3 Å². The van der Waals surface area contributed by atoms with Gasteiger partial charge in [0.1, 0.15) is 10.6 Å². The fourth-order valence-electron chi connectivity index (χ4n) is 2.13. The number of nitrogens with zero attached hydrogens (tertiary/aromatic N) is 1. The van der Waals surface area contributed by atoms with Crippen LogP contribution < -0.4 is 4.72 Å². The van der Waals surface area contributed by atoms with Gasteiger partial charge in [-0.1, -0.05) is 43.3 Å². The quantitative estimate of drug-likeness (QED) is 0.922. The van der Waals surface area contributed by atoms with Crippen molar-refractivity contribution < 1.29 is 12.9 Å². The Morgan fingerprint density at radius 2 is 1.81 bits per heavy atom. The van der Waals surface area contributed by atoms with E-state index in [0.717, 1.165) is 5.56 Å². The molecule has 6 heteroatoms. The first kappa shape index (κ1) is 15.7. The van der Waals surface area contributed by atoms with Crippen LogP contribution in [0, 0.1) is 13.8 Å². The van der Waals surface area contributed by atoms with E-state index in [9.17, 15) is 8.42 Å². The van der Waals surface area contributed by atoms with Crippen LogP contribution >= 0.6 is 0 Å². The maximum atomic E-state index is 12.3. The molecular formula is C15H20N2O3S. The molecule has 1 aromatic carbocycles. The summed E-state index contributed by atoms with van der Waals surface area (Å²) in [7, 11) is -3.61. The summed E-state index contributed by atoms with van der Waals surface area (Å²) in [6, 6.07) is 7.91. The lowest BCUT2D eigenvalue weighted by atomic mass is 10.0. The van der Waals surface area contributed by atoms with Gasteiger partial charge in [-0.2, -0.15) is 0 Å². The van der Waals surface area contributed by atoms with Gasteiger partial charge in [0.05, 0.1) is 0 Å². The lowest BCUT2D eigenvalue weighted by Gasteiger charge is -2.08. The second kappa shape index (κ2) is 5.99. The minimum absolute atomic E-state index is 0.126. The third kappa shape index (κ3) is 3.51. The van der Waals surface area contributed by atoms with E-state index in [1.807, 2.05) is 24.3 Å². The fourth-order valence-corrected chi connectivity index (χ4v) is 3.47. The molecule has 0 fully saturated rings. The summed E-state index contributed by atoms with van der Waals surface area (Å²) in [5.74, 6) is 0.758. The number of benzene rings is 1. The van der Waals surface area contributed by atoms with Gasteiger partial charge in [0.15, 0.2) is 5.76 Å². The summed E-state index contributed by atoms with van der Waals surface area (Å²) in [5.41, 5.74) is 2.51.